The van der Waals surface area contributed by atoms with Gasteiger partial charge >= 0.3 is 0 Å². The van der Waals surface area contributed by atoms with E-state index < -0.39 is 0 Å². The summed E-state index contributed by atoms with van der Waals surface area (Å²) >= 11 is 0. The molecule has 0 spiro atoms. The van der Waals surface area contributed by atoms with Crippen LogP contribution in [-0.2, 0) is 10.8 Å². The molecule has 0 aliphatic carbocycles. The van der Waals surface area contributed by atoms with Gasteiger partial charge in [-0.2, -0.15) is 0 Å². The molecule has 1 heterocycles. The largest absolute Gasteiger partial charge is 0.244 e. The van der Waals surface area contributed by atoms with Crippen molar-refractivity contribution in [3.63, 3.8) is 0 Å². The van der Waals surface area contributed by atoms with Crippen molar-refractivity contribution < 1.29 is 0 Å². The first kappa shape index (κ1) is 15.0. The molecule has 2 heteroatoms. The standard InChI is InChI=1S/C20H24N2/c1-19(2,3)13-7-9-15-17(11-13)21-16-10-8-14(20(4,5)6)12-18(16)22-15/h7-12H,1-6H3. The van der Waals surface area contributed by atoms with E-state index in [9.17, 15) is 0 Å². The van der Waals surface area contributed by atoms with Crippen LogP contribution in [0.1, 0.15) is 52.7 Å². The fourth-order valence-corrected chi connectivity index (χ4v) is 2.61. The van der Waals surface area contributed by atoms with Crippen molar-refractivity contribution in [3.05, 3.63) is 47.5 Å². The van der Waals surface area contributed by atoms with Crippen LogP contribution < -0.4 is 0 Å². The van der Waals surface area contributed by atoms with Crippen LogP contribution in [0.25, 0.3) is 22.1 Å². The van der Waals surface area contributed by atoms with Gasteiger partial charge in [-0.25, -0.2) is 9.97 Å². The molecule has 114 valence electrons. The quantitative estimate of drug-likeness (QED) is 0.520. The Hall–Kier alpha value is -1.96. The van der Waals surface area contributed by atoms with Crippen LogP contribution >= 0.6 is 0 Å². The number of fused-ring (bicyclic) bond motifs is 2. The van der Waals surface area contributed by atoms with E-state index >= 15 is 0 Å². The Kier molecular flexibility index (Phi) is 3.24. The predicted octanol–water partition coefficient (Wildman–Crippen LogP) is 5.38. The molecule has 0 aliphatic rings. The average molecular weight is 292 g/mol. The third-order valence-electron chi connectivity index (χ3n) is 4.16. The van der Waals surface area contributed by atoms with E-state index in [1.54, 1.807) is 0 Å². The van der Waals surface area contributed by atoms with E-state index in [0.717, 1.165) is 22.1 Å². The smallest absolute Gasteiger partial charge is 0.0897 e. The normalized spacial score (nSPS) is 13.0. The Morgan fingerprint density at radius 2 is 0.909 bits per heavy atom. The van der Waals surface area contributed by atoms with Crippen LogP contribution in [-0.4, -0.2) is 9.97 Å². The summed E-state index contributed by atoms with van der Waals surface area (Å²) in [5, 5.41) is 0. The lowest BCUT2D eigenvalue weighted by Crippen LogP contribution is -2.11. The van der Waals surface area contributed by atoms with Crippen molar-refractivity contribution in [2.45, 2.75) is 52.4 Å². The maximum atomic E-state index is 4.81. The molecule has 22 heavy (non-hydrogen) atoms. The molecular formula is C20H24N2. The lowest BCUT2D eigenvalue weighted by Gasteiger charge is -2.20. The second kappa shape index (κ2) is 4.77. The van der Waals surface area contributed by atoms with E-state index in [1.807, 2.05) is 0 Å². The lowest BCUT2D eigenvalue weighted by atomic mass is 9.86. The highest BCUT2D eigenvalue weighted by molar-refractivity contribution is 5.87. The van der Waals surface area contributed by atoms with Crippen LogP contribution in [0.4, 0.5) is 0 Å². The second-order valence-electron chi connectivity index (χ2n) is 8.13. The number of aromatic nitrogens is 2. The molecule has 0 bridgehead atoms. The van der Waals surface area contributed by atoms with Crippen LogP contribution in [0.3, 0.4) is 0 Å². The van der Waals surface area contributed by atoms with Gasteiger partial charge in [0.2, 0.25) is 0 Å². The second-order valence-corrected chi connectivity index (χ2v) is 8.13. The molecule has 0 saturated carbocycles. The van der Waals surface area contributed by atoms with E-state index in [2.05, 4.69) is 77.9 Å². The molecule has 0 aliphatic heterocycles. The number of hydrogen-bond donors (Lipinski definition) is 0. The highest BCUT2D eigenvalue weighted by atomic mass is 14.8. The van der Waals surface area contributed by atoms with E-state index in [1.165, 1.54) is 11.1 Å². The van der Waals surface area contributed by atoms with Gasteiger partial charge in [-0.15, -0.1) is 0 Å². The van der Waals surface area contributed by atoms with Crippen LogP contribution in [0.15, 0.2) is 36.4 Å². The molecule has 0 fully saturated rings. The maximum Gasteiger partial charge on any atom is 0.0897 e. The lowest BCUT2D eigenvalue weighted by molar-refractivity contribution is 0.590. The van der Waals surface area contributed by atoms with Gasteiger partial charge in [-0.1, -0.05) is 53.7 Å². The summed E-state index contributed by atoms with van der Waals surface area (Å²) < 4.78 is 0. The van der Waals surface area contributed by atoms with Gasteiger partial charge in [0.1, 0.15) is 0 Å². The minimum absolute atomic E-state index is 0.126. The zero-order valence-electron chi connectivity index (χ0n) is 14.4. The Balaban J connectivity index is 2.22. The molecule has 1 aromatic heterocycles. The van der Waals surface area contributed by atoms with Gasteiger partial charge in [-0.05, 0) is 46.2 Å². The van der Waals surface area contributed by atoms with Crippen molar-refractivity contribution >= 4 is 22.1 Å². The molecule has 3 rings (SSSR count). The van der Waals surface area contributed by atoms with Crippen molar-refractivity contribution in [2.24, 2.45) is 0 Å². The molecule has 2 nitrogen and oxygen atoms in total. The monoisotopic (exact) mass is 292 g/mol. The zero-order chi connectivity index (χ0) is 16.1. The predicted molar refractivity (Wildman–Crippen MR) is 94.4 cm³/mol. The minimum Gasteiger partial charge on any atom is -0.244 e. The summed E-state index contributed by atoms with van der Waals surface area (Å²) in [6.45, 7) is 13.3. The summed E-state index contributed by atoms with van der Waals surface area (Å²) in [5.41, 5.74) is 6.71. The first-order valence-corrected chi connectivity index (χ1v) is 7.87. The van der Waals surface area contributed by atoms with Crippen LogP contribution in [0, 0.1) is 0 Å². The van der Waals surface area contributed by atoms with Crippen molar-refractivity contribution in [1.29, 1.82) is 0 Å². The summed E-state index contributed by atoms with van der Waals surface area (Å²) in [5.74, 6) is 0. The fraction of sp³-hybridized carbons (Fsp3) is 0.400. The van der Waals surface area contributed by atoms with Gasteiger partial charge in [0.05, 0.1) is 22.1 Å². The van der Waals surface area contributed by atoms with Gasteiger partial charge in [-0.3, -0.25) is 0 Å². The Bertz CT molecular complexity index is 776. The molecular weight excluding hydrogens is 268 g/mol. The average Bonchev–Trinajstić information content (AvgIpc) is 2.41. The van der Waals surface area contributed by atoms with Gasteiger partial charge < -0.3 is 0 Å². The Morgan fingerprint density at radius 1 is 0.545 bits per heavy atom. The molecule has 0 saturated heterocycles. The van der Waals surface area contributed by atoms with Crippen molar-refractivity contribution in [2.75, 3.05) is 0 Å². The Labute approximate surface area is 132 Å². The topological polar surface area (TPSA) is 25.8 Å². The highest BCUT2D eigenvalue weighted by Gasteiger charge is 2.16. The minimum atomic E-state index is 0.126. The van der Waals surface area contributed by atoms with Crippen molar-refractivity contribution in [1.82, 2.24) is 9.97 Å². The fourth-order valence-electron chi connectivity index (χ4n) is 2.61. The molecule has 2 aromatic carbocycles. The molecule has 0 amide bonds. The molecule has 0 unspecified atom stereocenters. The summed E-state index contributed by atoms with van der Waals surface area (Å²) in [7, 11) is 0. The van der Waals surface area contributed by atoms with E-state index in [0.29, 0.717) is 0 Å². The number of nitrogens with zero attached hydrogens (tertiary/aromatic N) is 2. The number of rotatable bonds is 0. The van der Waals surface area contributed by atoms with E-state index in [4.69, 9.17) is 9.97 Å². The molecule has 3 aromatic rings. The highest BCUT2D eigenvalue weighted by Crippen LogP contribution is 2.28. The van der Waals surface area contributed by atoms with Crippen molar-refractivity contribution in [3.8, 4) is 0 Å². The SMILES string of the molecule is CC(C)(C)c1ccc2nc3cc(C(C)(C)C)ccc3nc2c1. The third-order valence-corrected chi connectivity index (χ3v) is 4.16. The Morgan fingerprint density at radius 3 is 1.23 bits per heavy atom. The van der Waals surface area contributed by atoms with Crippen LogP contribution in [0.2, 0.25) is 0 Å². The third kappa shape index (κ3) is 2.70. The van der Waals surface area contributed by atoms with Gasteiger partial charge in [0.25, 0.3) is 0 Å². The summed E-state index contributed by atoms with van der Waals surface area (Å²) in [4.78, 5) is 9.63. The maximum absolute atomic E-state index is 4.81. The molecule has 0 N–H and O–H groups in total. The first-order valence-electron chi connectivity index (χ1n) is 7.87. The summed E-state index contributed by atoms with van der Waals surface area (Å²) in [6.07, 6.45) is 0. The van der Waals surface area contributed by atoms with E-state index in [-0.39, 0.29) is 10.8 Å². The zero-order valence-corrected chi connectivity index (χ0v) is 14.4. The van der Waals surface area contributed by atoms with Gasteiger partial charge in [0.15, 0.2) is 0 Å². The number of benzene rings is 2. The van der Waals surface area contributed by atoms with Crippen LogP contribution in [0.5, 0.6) is 0 Å². The summed E-state index contributed by atoms with van der Waals surface area (Å²) in [6, 6.07) is 12.8. The first-order chi connectivity index (χ1) is 10.1. The molecule has 0 atom stereocenters. The van der Waals surface area contributed by atoms with Gasteiger partial charge in [0, 0.05) is 0 Å². The number of hydrogen-bond acceptors (Lipinski definition) is 2. The molecule has 0 radical (unpaired) electrons.